The lowest BCUT2D eigenvalue weighted by Gasteiger charge is -2.25. The molecule has 5 heteroatoms. The number of aromatic nitrogens is 2. The fourth-order valence-corrected chi connectivity index (χ4v) is 3.47. The second kappa shape index (κ2) is 8.30. The third kappa shape index (κ3) is 4.69. The maximum Gasteiger partial charge on any atom is 0.134 e. The van der Waals surface area contributed by atoms with Crippen molar-refractivity contribution in [1.29, 1.82) is 0 Å². The number of nitrogens with zero attached hydrogens (tertiary/aromatic N) is 3. The Hall–Kier alpha value is -2.14. The maximum absolute atomic E-state index is 9.26. The third-order valence-electron chi connectivity index (χ3n) is 4.91. The van der Waals surface area contributed by atoms with Gasteiger partial charge in [-0.2, -0.15) is 0 Å². The summed E-state index contributed by atoms with van der Waals surface area (Å²) in [6.07, 6.45) is 8.25. The Labute approximate surface area is 150 Å². The highest BCUT2D eigenvalue weighted by Gasteiger charge is 2.18. The highest BCUT2D eigenvalue weighted by Crippen LogP contribution is 2.35. The number of anilines is 3. The predicted octanol–water partition coefficient (Wildman–Crippen LogP) is 4.00. The molecular weight excluding hydrogens is 312 g/mol. The van der Waals surface area contributed by atoms with Crippen LogP contribution in [-0.2, 0) is 0 Å². The molecule has 0 radical (unpaired) electrons. The molecule has 0 spiro atoms. The van der Waals surface area contributed by atoms with Gasteiger partial charge in [-0.05, 0) is 61.1 Å². The van der Waals surface area contributed by atoms with Crippen LogP contribution in [0.5, 0.6) is 0 Å². The SMILES string of the molecule is Cc1ccnc(Nc2cc(C3CCCCC3)cc(N(C)CCO)n2)c1. The molecule has 25 heavy (non-hydrogen) atoms. The van der Waals surface area contributed by atoms with Crippen molar-refractivity contribution in [3.63, 3.8) is 0 Å². The van der Waals surface area contributed by atoms with E-state index in [1.165, 1.54) is 43.2 Å². The van der Waals surface area contributed by atoms with Crippen LogP contribution in [0.2, 0.25) is 0 Å². The third-order valence-corrected chi connectivity index (χ3v) is 4.91. The largest absolute Gasteiger partial charge is 0.395 e. The number of aliphatic hydroxyl groups is 1. The van der Waals surface area contributed by atoms with Crippen LogP contribution in [-0.4, -0.2) is 35.3 Å². The van der Waals surface area contributed by atoms with E-state index in [9.17, 15) is 5.11 Å². The molecule has 0 aliphatic heterocycles. The van der Waals surface area contributed by atoms with Gasteiger partial charge >= 0.3 is 0 Å². The standard InChI is InChI=1S/C20H28N4O/c1-15-8-9-21-18(12-15)22-19-13-17(16-6-4-3-5-7-16)14-20(23-19)24(2)10-11-25/h8-9,12-14,16,25H,3-7,10-11H2,1-2H3,(H,21,22,23). The Morgan fingerprint density at radius 2 is 1.96 bits per heavy atom. The van der Waals surface area contributed by atoms with Crippen molar-refractivity contribution in [3.8, 4) is 0 Å². The van der Waals surface area contributed by atoms with Crippen molar-refractivity contribution in [3.05, 3.63) is 41.6 Å². The van der Waals surface area contributed by atoms with E-state index in [1.54, 1.807) is 6.20 Å². The maximum atomic E-state index is 9.26. The number of likely N-dealkylation sites (N-methyl/N-ethyl adjacent to an activating group) is 1. The van der Waals surface area contributed by atoms with Gasteiger partial charge in [0, 0.05) is 19.8 Å². The van der Waals surface area contributed by atoms with Crippen LogP contribution >= 0.6 is 0 Å². The molecule has 134 valence electrons. The first-order valence-electron chi connectivity index (χ1n) is 9.19. The van der Waals surface area contributed by atoms with Gasteiger partial charge in [-0.25, -0.2) is 9.97 Å². The van der Waals surface area contributed by atoms with Crippen molar-refractivity contribution < 1.29 is 5.11 Å². The zero-order valence-electron chi connectivity index (χ0n) is 15.2. The number of pyridine rings is 2. The summed E-state index contributed by atoms with van der Waals surface area (Å²) in [6.45, 7) is 2.75. The molecule has 5 nitrogen and oxygen atoms in total. The quantitative estimate of drug-likeness (QED) is 0.832. The van der Waals surface area contributed by atoms with Gasteiger partial charge < -0.3 is 15.3 Å². The molecule has 1 saturated carbocycles. The topological polar surface area (TPSA) is 61.3 Å². The van der Waals surface area contributed by atoms with Crippen LogP contribution in [0.15, 0.2) is 30.5 Å². The summed E-state index contributed by atoms with van der Waals surface area (Å²) in [5, 5.41) is 12.6. The van der Waals surface area contributed by atoms with Crippen LogP contribution in [0.3, 0.4) is 0 Å². The Morgan fingerprint density at radius 1 is 1.16 bits per heavy atom. The van der Waals surface area contributed by atoms with Crippen molar-refractivity contribution >= 4 is 17.5 Å². The molecule has 0 amide bonds. The molecule has 2 aromatic rings. The van der Waals surface area contributed by atoms with Crippen LogP contribution in [0.4, 0.5) is 17.5 Å². The fraction of sp³-hybridized carbons (Fsp3) is 0.500. The van der Waals surface area contributed by atoms with Crippen LogP contribution in [0, 0.1) is 6.92 Å². The van der Waals surface area contributed by atoms with E-state index in [2.05, 4.69) is 29.4 Å². The molecule has 0 unspecified atom stereocenters. The second-order valence-corrected chi connectivity index (χ2v) is 6.97. The summed E-state index contributed by atoms with van der Waals surface area (Å²) < 4.78 is 0. The number of aryl methyl sites for hydroxylation is 1. The zero-order chi connectivity index (χ0) is 17.6. The lowest BCUT2D eigenvalue weighted by molar-refractivity contribution is 0.304. The monoisotopic (exact) mass is 340 g/mol. The molecule has 0 atom stereocenters. The van der Waals surface area contributed by atoms with E-state index in [1.807, 2.05) is 24.1 Å². The first-order valence-corrected chi connectivity index (χ1v) is 9.19. The van der Waals surface area contributed by atoms with E-state index in [0.29, 0.717) is 12.5 Å². The van der Waals surface area contributed by atoms with Gasteiger partial charge in [0.2, 0.25) is 0 Å². The van der Waals surface area contributed by atoms with E-state index < -0.39 is 0 Å². The van der Waals surface area contributed by atoms with Gasteiger partial charge in [-0.3, -0.25) is 0 Å². The molecule has 0 saturated heterocycles. The number of rotatable bonds is 6. The summed E-state index contributed by atoms with van der Waals surface area (Å²) in [5.74, 6) is 3.13. The molecule has 1 aliphatic carbocycles. The molecule has 2 N–H and O–H groups in total. The van der Waals surface area contributed by atoms with Gasteiger partial charge in [0.1, 0.15) is 17.5 Å². The fourth-order valence-electron chi connectivity index (χ4n) is 3.47. The molecular formula is C20H28N4O. The summed E-state index contributed by atoms with van der Waals surface area (Å²) in [5.41, 5.74) is 2.50. The van der Waals surface area contributed by atoms with E-state index in [0.717, 1.165) is 17.5 Å². The van der Waals surface area contributed by atoms with Gasteiger partial charge in [0.25, 0.3) is 0 Å². The average Bonchev–Trinajstić information content (AvgIpc) is 2.62. The Kier molecular flexibility index (Phi) is 5.87. The highest BCUT2D eigenvalue weighted by atomic mass is 16.3. The van der Waals surface area contributed by atoms with Crippen molar-refractivity contribution in [2.24, 2.45) is 0 Å². The molecule has 2 heterocycles. The lowest BCUT2D eigenvalue weighted by atomic mass is 9.84. The van der Waals surface area contributed by atoms with E-state index in [4.69, 9.17) is 4.98 Å². The van der Waals surface area contributed by atoms with Gasteiger partial charge in [0.05, 0.1) is 6.61 Å². The molecule has 2 aromatic heterocycles. The van der Waals surface area contributed by atoms with Gasteiger partial charge in [-0.1, -0.05) is 19.3 Å². The average molecular weight is 340 g/mol. The normalized spacial score (nSPS) is 15.2. The minimum absolute atomic E-state index is 0.119. The Balaban J connectivity index is 1.90. The number of nitrogens with one attached hydrogen (secondary N) is 1. The summed E-state index contributed by atoms with van der Waals surface area (Å²) in [6, 6.07) is 8.35. The number of hydrogen-bond acceptors (Lipinski definition) is 5. The van der Waals surface area contributed by atoms with Crippen molar-refractivity contribution in [1.82, 2.24) is 9.97 Å². The second-order valence-electron chi connectivity index (χ2n) is 6.97. The summed E-state index contributed by atoms with van der Waals surface area (Å²) in [4.78, 5) is 11.1. The van der Waals surface area contributed by atoms with E-state index >= 15 is 0 Å². The van der Waals surface area contributed by atoms with Gasteiger partial charge in [-0.15, -0.1) is 0 Å². The summed E-state index contributed by atoms with van der Waals surface area (Å²) >= 11 is 0. The first-order chi connectivity index (χ1) is 12.2. The minimum Gasteiger partial charge on any atom is -0.395 e. The van der Waals surface area contributed by atoms with Crippen molar-refractivity contribution in [2.75, 3.05) is 30.4 Å². The minimum atomic E-state index is 0.119. The number of aliphatic hydroxyl groups excluding tert-OH is 1. The summed E-state index contributed by atoms with van der Waals surface area (Å²) in [7, 11) is 1.97. The number of hydrogen-bond donors (Lipinski definition) is 2. The van der Waals surface area contributed by atoms with Gasteiger partial charge in [0.15, 0.2) is 0 Å². The smallest absolute Gasteiger partial charge is 0.134 e. The highest BCUT2D eigenvalue weighted by molar-refractivity contribution is 5.58. The Bertz CT molecular complexity index is 698. The van der Waals surface area contributed by atoms with Crippen LogP contribution < -0.4 is 10.2 Å². The molecule has 3 rings (SSSR count). The van der Waals surface area contributed by atoms with E-state index in [-0.39, 0.29) is 6.61 Å². The Morgan fingerprint density at radius 3 is 2.68 bits per heavy atom. The predicted molar refractivity (Wildman–Crippen MR) is 103 cm³/mol. The molecule has 1 aliphatic rings. The molecule has 0 aromatic carbocycles. The first kappa shape index (κ1) is 17.7. The van der Waals surface area contributed by atoms with Crippen LogP contribution in [0.25, 0.3) is 0 Å². The zero-order valence-corrected chi connectivity index (χ0v) is 15.2. The molecule has 0 bridgehead atoms. The van der Waals surface area contributed by atoms with Crippen molar-refractivity contribution in [2.45, 2.75) is 44.9 Å². The lowest BCUT2D eigenvalue weighted by Crippen LogP contribution is -2.23. The molecule has 1 fully saturated rings. The van der Waals surface area contributed by atoms with Crippen LogP contribution in [0.1, 0.15) is 49.1 Å².